The molecule has 1 saturated heterocycles. The average Bonchev–Trinajstić information content (AvgIpc) is 2.87. The third-order valence-electron chi connectivity index (χ3n) is 4.60. The minimum Gasteiger partial charge on any atom is -0.339 e. The summed E-state index contributed by atoms with van der Waals surface area (Å²) in [4.78, 5) is 20.7. The largest absolute Gasteiger partial charge is 0.339 e. The molecule has 3 heterocycles. The van der Waals surface area contributed by atoms with Crippen molar-refractivity contribution in [2.24, 2.45) is 7.05 Å². The molecule has 128 valence electrons. The van der Waals surface area contributed by atoms with Gasteiger partial charge in [-0.25, -0.2) is 13.4 Å². The highest BCUT2D eigenvalue weighted by Gasteiger charge is 2.28. The van der Waals surface area contributed by atoms with E-state index in [1.54, 1.807) is 4.90 Å². The van der Waals surface area contributed by atoms with Crippen molar-refractivity contribution in [3.63, 3.8) is 0 Å². The van der Waals surface area contributed by atoms with Gasteiger partial charge in [0.05, 0.1) is 24.8 Å². The summed E-state index contributed by atoms with van der Waals surface area (Å²) in [7, 11) is -1.17. The number of hydrogen-bond donors (Lipinski definition) is 0. The van der Waals surface area contributed by atoms with Gasteiger partial charge in [0.2, 0.25) is 15.9 Å². The third kappa shape index (κ3) is 3.56. The van der Waals surface area contributed by atoms with Crippen molar-refractivity contribution in [3.8, 4) is 0 Å². The molecular weight excluding hydrogens is 318 g/mol. The van der Waals surface area contributed by atoms with E-state index in [-0.39, 0.29) is 5.91 Å². The number of carbonyl (C=O) groups excluding carboxylic acids is 1. The number of aryl methyl sites for hydroxylation is 1. The molecule has 0 aliphatic carbocycles. The summed E-state index contributed by atoms with van der Waals surface area (Å²) >= 11 is 0. The van der Waals surface area contributed by atoms with E-state index < -0.39 is 10.0 Å². The number of amides is 1. The van der Waals surface area contributed by atoms with Crippen molar-refractivity contribution in [1.29, 1.82) is 0 Å². The Hall–Kier alpha value is -1.45. The molecule has 0 atom stereocenters. The Kier molecular flexibility index (Phi) is 4.43. The van der Waals surface area contributed by atoms with E-state index in [0.29, 0.717) is 39.3 Å². The van der Waals surface area contributed by atoms with Crippen LogP contribution in [-0.4, -0.2) is 83.5 Å². The topological polar surface area (TPSA) is 78.8 Å². The summed E-state index contributed by atoms with van der Waals surface area (Å²) in [6.07, 6.45) is 3.93. The zero-order valence-corrected chi connectivity index (χ0v) is 14.4. The van der Waals surface area contributed by atoms with E-state index in [1.165, 1.54) is 16.3 Å². The normalized spacial score (nSPS) is 20.5. The van der Waals surface area contributed by atoms with Crippen molar-refractivity contribution < 1.29 is 13.2 Å². The predicted octanol–water partition coefficient (Wildman–Crippen LogP) is -1.12. The maximum Gasteiger partial charge on any atom is 0.236 e. The molecule has 3 rings (SSSR count). The molecule has 0 unspecified atom stereocenters. The molecule has 2 aliphatic heterocycles. The molecule has 0 radical (unpaired) electrons. The zero-order chi connectivity index (χ0) is 16.6. The summed E-state index contributed by atoms with van der Waals surface area (Å²) in [6.45, 7) is 3.62. The van der Waals surface area contributed by atoms with Crippen LogP contribution in [0.3, 0.4) is 0 Å². The molecule has 0 aromatic carbocycles. The quantitative estimate of drug-likeness (QED) is 0.696. The molecule has 8 nitrogen and oxygen atoms in total. The van der Waals surface area contributed by atoms with Gasteiger partial charge in [0.25, 0.3) is 0 Å². The number of fused-ring (bicyclic) bond motifs is 1. The Morgan fingerprint density at radius 1 is 1.22 bits per heavy atom. The van der Waals surface area contributed by atoms with Crippen LogP contribution in [0.5, 0.6) is 0 Å². The van der Waals surface area contributed by atoms with Crippen molar-refractivity contribution in [2.75, 3.05) is 45.5 Å². The van der Waals surface area contributed by atoms with Crippen molar-refractivity contribution >= 4 is 15.9 Å². The molecule has 23 heavy (non-hydrogen) atoms. The minimum atomic E-state index is -3.16. The molecule has 0 bridgehead atoms. The number of carbonyl (C=O) groups is 1. The van der Waals surface area contributed by atoms with E-state index in [0.717, 1.165) is 18.7 Å². The highest BCUT2D eigenvalue weighted by molar-refractivity contribution is 7.88. The molecule has 0 N–H and O–H groups in total. The molecule has 1 amide bonds. The van der Waals surface area contributed by atoms with Gasteiger partial charge in [0.1, 0.15) is 0 Å². The summed E-state index contributed by atoms with van der Waals surface area (Å²) in [5, 5.41) is 0. The van der Waals surface area contributed by atoms with Crippen LogP contribution < -0.4 is 0 Å². The van der Waals surface area contributed by atoms with Gasteiger partial charge in [0.15, 0.2) is 0 Å². The van der Waals surface area contributed by atoms with Gasteiger partial charge in [-0.2, -0.15) is 4.31 Å². The Morgan fingerprint density at radius 2 is 1.91 bits per heavy atom. The van der Waals surface area contributed by atoms with Gasteiger partial charge in [-0.05, 0) is 0 Å². The highest BCUT2D eigenvalue weighted by atomic mass is 32.2. The minimum absolute atomic E-state index is 0.0672. The standard InChI is InChI=1S/C14H23N5O3S/c1-16-11-15-12-9-17(4-3-13(12)16)10-14(20)18-5-7-19(8-6-18)23(2,21)22/h11H,3-10H2,1-2H3. The monoisotopic (exact) mass is 341 g/mol. The van der Waals surface area contributed by atoms with E-state index >= 15 is 0 Å². The maximum atomic E-state index is 12.4. The summed E-state index contributed by atoms with van der Waals surface area (Å²) < 4.78 is 26.5. The first kappa shape index (κ1) is 16.4. The van der Waals surface area contributed by atoms with Crippen LogP contribution in [0.25, 0.3) is 0 Å². The molecule has 9 heteroatoms. The van der Waals surface area contributed by atoms with Gasteiger partial charge in [-0.15, -0.1) is 0 Å². The SMILES string of the molecule is Cn1cnc2c1CCN(CC(=O)N1CCN(S(C)(=O)=O)CC1)C2. The van der Waals surface area contributed by atoms with Crippen LogP contribution in [0.1, 0.15) is 11.4 Å². The lowest BCUT2D eigenvalue weighted by Gasteiger charge is -2.35. The van der Waals surface area contributed by atoms with Gasteiger partial charge < -0.3 is 9.47 Å². The highest BCUT2D eigenvalue weighted by Crippen LogP contribution is 2.17. The number of aromatic nitrogens is 2. The van der Waals surface area contributed by atoms with Crippen molar-refractivity contribution in [3.05, 3.63) is 17.7 Å². The van der Waals surface area contributed by atoms with Crippen molar-refractivity contribution in [1.82, 2.24) is 23.7 Å². The molecule has 1 aromatic heterocycles. The number of imidazole rings is 1. The second kappa shape index (κ2) is 6.21. The van der Waals surface area contributed by atoms with E-state index in [1.807, 2.05) is 17.9 Å². The Morgan fingerprint density at radius 3 is 2.57 bits per heavy atom. The Bertz CT molecular complexity index is 691. The van der Waals surface area contributed by atoms with Gasteiger partial charge >= 0.3 is 0 Å². The van der Waals surface area contributed by atoms with Gasteiger partial charge in [-0.1, -0.05) is 0 Å². The average molecular weight is 341 g/mol. The fourth-order valence-electron chi connectivity index (χ4n) is 3.21. The lowest BCUT2D eigenvalue weighted by Crippen LogP contribution is -2.52. The van der Waals surface area contributed by atoms with E-state index in [2.05, 4.69) is 9.88 Å². The predicted molar refractivity (Wildman–Crippen MR) is 85.2 cm³/mol. The number of piperazine rings is 1. The van der Waals surface area contributed by atoms with E-state index in [9.17, 15) is 13.2 Å². The van der Waals surface area contributed by atoms with Crippen LogP contribution in [0.15, 0.2) is 6.33 Å². The van der Waals surface area contributed by atoms with Crippen LogP contribution in [-0.2, 0) is 34.8 Å². The fraction of sp³-hybridized carbons (Fsp3) is 0.714. The van der Waals surface area contributed by atoms with Crippen molar-refractivity contribution in [2.45, 2.75) is 13.0 Å². The lowest BCUT2D eigenvalue weighted by atomic mass is 10.1. The number of rotatable bonds is 3. The first-order valence-electron chi connectivity index (χ1n) is 7.79. The third-order valence-corrected chi connectivity index (χ3v) is 5.91. The Labute approximate surface area is 136 Å². The fourth-order valence-corrected chi connectivity index (χ4v) is 4.03. The first-order valence-corrected chi connectivity index (χ1v) is 9.64. The van der Waals surface area contributed by atoms with Crippen LogP contribution in [0.2, 0.25) is 0 Å². The molecule has 0 saturated carbocycles. The van der Waals surface area contributed by atoms with E-state index in [4.69, 9.17) is 0 Å². The lowest BCUT2D eigenvalue weighted by molar-refractivity contribution is -0.133. The second-order valence-electron chi connectivity index (χ2n) is 6.25. The Balaban J connectivity index is 1.53. The van der Waals surface area contributed by atoms with Gasteiger partial charge in [-0.3, -0.25) is 9.69 Å². The molecule has 2 aliphatic rings. The molecule has 1 aromatic rings. The van der Waals surface area contributed by atoms with Crippen LogP contribution in [0, 0.1) is 0 Å². The van der Waals surface area contributed by atoms with Gasteiger partial charge in [0, 0.05) is 58.4 Å². The molecule has 0 spiro atoms. The molecule has 1 fully saturated rings. The smallest absolute Gasteiger partial charge is 0.236 e. The molecular formula is C14H23N5O3S. The van der Waals surface area contributed by atoms with Crippen LogP contribution in [0.4, 0.5) is 0 Å². The number of sulfonamides is 1. The summed E-state index contributed by atoms with van der Waals surface area (Å²) in [5.74, 6) is 0.0672. The first-order chi connectivity index (χ1) is 10.8. The summed E-state index contributed by atoms with van der Waals surface area (Å²) in [5.41, 5.74) is 2.30. The zero-order valence-electron chi connectivity index (χ0n) is 13.6. The maximum absolute atomic E-state index is 12.4. The van der Waals surface area contributed by atoms with Crippen LogP contribution >= 0.6 is 0 Å². The number of nitrogens with zero attached hydrogens (tertiary/aromatic N) is 5. The number of hydrogen-bond acceptors (Lipinski definition) is 5. The summed E-state index contributed by atoms with van der Waals surface area (Å²) in [6, 6.07) is 0. The second-order valence-corrected chi connectivity index (χ2v) is 8.23.